The maximum atomic E-state index is 13.2. The third-order valence-corrected chi connectivity index (χ3v) is 3.51. The first-order valence-corrected chi connectivity index (χ1v) is 6.81. The van der Waals surface area contributed by atoms with Crippen molar-refractivity contribution in [3.8, 4) is 0 Å². The zero-order valence-corrected chi connectivity index (χ0v) is 11.5. The third kappa shape index (κ3) is 4.23. The molecule has 5 heteroatoms. The summed E-state index contributed by atoms with van der Waals surface area (Å²) < 4.78 is 24.1. The highest BCUT2D eigenvalue weighted by Gasteiger charge is 2.14. The molecule has 1 saturated heterocycles. The summed E-state index contributed by atoms with van der Waals surface area (Å²) in [7, 11) is 0. The van der Waals surface area contributed by atoms with E-state index in [0.717, 1.165) is 31.6 Å². The van der Waals surface area contributed by atoms with E-state index in [-0.39, 0.29) is 10.8 Å². The van der Waals surface area contributed by atoms with Gasteiger partial charge >= 0.3 is 0 Å². The largest absolute Gasteiger partial charge is 0.389 e. The van der Waals surface area contributed by atoms with Crippen LogP contribution in [0.25, 0.3) is 0 Å². The molecule has 1 aliphatic heterocycles. The molecule has 0 spiro atoms. The van der Waals surface area contributed by atoms with Crippen LogP contribution in [0.1, 0.15) is 24.0 Å². The molecular formula is C14H18FNO2S. The summed E-state index contributed by atoms with van der Waals surface area (Å²) in [6.07, 6.45) is 2.07. The molecule has 0 unspecified atom stereocenters. The van der Waals surface area contributed by atoms with Crippen LogP contribution in [-0.2, 0) is 16.1 Å². The van der Waals surface area contributed by atoms with E-state index >= 15 is 0 Å². The van der Waals surface area contributed by atoms with Crippen molar-refractivity contribution in [1.29, 1.82) is 0 Å². The minimum Gasteiger partial charge on any atom is -0.389 e. The van der Waals surface area contributed by atoms with E-state index in [0.29, 0.717) is 24.7 Å². The molecular weight excluding hydrogens is 265 g/mol. The van der Waals surface area contributed by atoms with Crippen LogP contribution in [0.2, 0.25) is 0 Å². The van der Waals surface area contributed by atoms with Crippen molar-refractivity contribution < 1.29 is 13.9 Å². The minimum absolute atomic E-state index is 0.198. The molecule has 3 nitrogen and oxygen atoms in total. The monoisotopic (exact) mass is 283 g/mol. The summed E-state index contributed by atoms with van der Waals surface area (Å²) in [4.78, 5) is 0.198. The average molecular weight is 283 g/mol. The Morgan fingerprint density at radius 1 is 1.42 bits per heavy atom. The lowest BCUT2D eigenvalue weighted by molar-refractivity contribution is 0.0157. The second-order valence-electron chi connectivity index (χ2n) is 4.74. The number of ether oxygens (including phenoxy) is 2. The van der Waals surface area contributed by atoms with Gasteiger partial charge in [-0.05, 0) is 36.5 Å². The first kappa shape index (κ1) is 14.4. The van der Waals surface area contributed by atoms with Crippen molar-refractivity contribution in [2.75, 3.05) is 19.8 Å². The lowest BCUT2D eigenvalue weighted by atomic mass is 10.0. The normalized spacial score (nSPS) is 16.5. The highest BCUT2D eigenvalue weighted by Crippen LogP contribution is 2.17. The van der Waals surface area contributed by atoms with Gasteiger partial charge in [0.15, 0.2) is 0 Å². The number of nitrogens with two attached hydrogens (primary N) is 1. The van der Waals surface area contributed by atoms with Gasteiger partial charge in [0.25, 0.3) is 0 Å². The quantitative estimate of drug-likeness (QED) is 0.843. The van der Waals surface area contributed by atoms with Crippen LogP contribution in [0.4, 0.5) is 4.39 Å². The number of hydrogen-bond donors (Lipinski definition) is 1. The Labute approximate surface area is 117 Å². The lowest BCUT2D eigenvalue weighted by Gasteiger charge is -2.22. The van der Waals surface area contributed by atoms with Crippen molar-refractivity contribution >= 4 is 17.2 Å². The second-order valence-corrected chi connectivity index (χ2v) is 5.18. The second kappa shape index (κ2) is 6.93. The lowest BCUT2D eigenvalue weighted by Crippen LogP contribution is -2.20. The Morgan fingerprint density at radius 3 is 2.84 bits per heavy atom. The highest BCUT2D eigenvalue weighted by atomic mass is 32.1. The predicted molar refractivity (Wildman–Crippen MR) is 75.5 cm³/mol. The van der Waals surface area contributed by atoms with E-state index in [2.05, 4.69) is 0 Å². The smallest absolute Gasteiger partial charge is 0.123 e. The summed E-state index contributed by atoms with van der Waals surface area (Å²) in [5.74, 6) is 0.207. The van der Waals surface area contributed by atoms with E-state index in [1.165, 1.54) is 12.1 Å². The van der Waals surface area contributed by atoms with Crippen molar-refractivity contribution in [2.45, 2.75) is 19.4 Å². The van der Waals surface area contributed by atoms with Gasteiger partial charge in [-0.1, -0.05) is 18.3 Å². The zero-order valence-electron chi connectivity index (χ0n) is 10.7. The first-order chi connectivity index (χ1) is 9.16. The fourth-order valence-electron chi connectivity index (χ4n) is 2.15. The van der Waals surface area contributed by atoms with Gasteiger partial charge < -0.3 is 15.2 Å². The highest BCUT2D eigenvalue weighted by molar-refractivity contribution is 7.80. The van der Waals surface area contributed by atoms with Crippen molar-refractivity contribution in [1.82, 2.24) is 0 Å². The maximum absolute atomic E-state index is 13.2. The van der Waals surface area contributed by atoms with Crippen molar-refractivity contribution in [3.05, 3.63) is 35.1 Å². The molecule has 19 heavy (non-hydrogen) atoms. The number of rotatable bonds is 5. The summed E-state index contributed by atoms with van der Waals surface area (Å²) in [5.41, 5.74) is 6.98. The molecule has 0 amide bonds. The van der Waals surface area contributed by atoms with Crippen LogP contribution in [-0.4, -0.2) is 24.8 Å². The molecule has 0 bridgehead atoms. The number of thiocarbonyl (C=S) groups is 1. The molecule has 0 saturated carbocycles. The summed E-state index contributed by atoms with van der Waals surface area (Å²) in [6.45, 7) is 2.72. The molecule has 0 atom stereocenters. The van der Waals surface area contributed by atoms with Gasteiger partial charge in [-0.25, -0.2) is 4.39 Å². The number of hydrogen-bond acceptors (Lipinski definition) is 3. The van der Waals surface area contributed by atoms with Crippen LogP contribution < -0.4 is 5.73 Å². The van der Waals surface area contributed by atoms with Crippen LogP contribution in [0, 0.1) is 11.7 Å². The van der Waals surface area contributed by atoms with Crippen LogP contribution in [0.15, 0.2) is 18.2 Å². The Hall–Kier alpha value is -1.04. The summed E-state index contributed by atoms with van der Waals surface area (Å²) in [5, 5.41) is 0. The van der Waals surface area contributed by atoms with E-state index in [4.69, 9.17) is 27.4 Å². The molecule has 1 aliphatic rings. The molecule has 2 N–H and O–H groups in total. The van der Waals surface area contributed by atoms with Gasteiger partial charge in [-0.3, -0.25) is 0 Å². The predicted octanol–water partition coefficient (Wildman–Crippen LogP) is 2.40. The van der Waals surface area contributed by atoms with Gasteiger partial charge in [0, 0.05) is 18.8 Å². The Kier molecular flexibility index (Phi) is 5.24. The van der Waals surface area contributed by atoms with Gasteiger partial charge in [-0.15, -0.1) is 0 Å². The van der Waals surface area contributed by atoms with Gasteiger partial charge in [0.1, 0.15) is 10.8 Å². The molecule has 1 fully saturated rings. The molecule has 1 heterocycles. The van der Waals surface area contributed by atoms with Crippen molar-refractivity contribution in [3.63, 3.8) is 0 Å². The zero-order chi connectivity index (χ0) is 13.7. The van der Waals surface area contributed by atoms with Gasteiger partial charge in [0.05, 0.1) is 13.2 Å². The summed E-state index contributed by atoms with van der Waals surface area (Å²) in [6, 6.07) is 4.43. The van der Waals surface area contributed by atoms with E-state index in [1.807, 2.05) is 0 Å². The molecule has 104 valence electrons. The minimum atomic E-state index is -0.337. The van der Waals surface area contributed by atoms with E-state index < -0.39 is 0 Å². The standard InChI is InChI=1S/C14H18FNO2S/c15-12-2-1-11(13(7-12)14(16)19)9-18-8-10-3-5-17-6-4-10/h1-2,7,10H,3-6,8-9H2,(H2,16,19). The van der Waals surface area contributed by atoms with Crippen LogP contribution in [0.3, 0.4) is 0 Å². The molecule has 0 aliphatic carbocycles. The van der Waals surface area contributed by atoms with Crippen LogP contribution >= 0.6 is 12.2 Å². The third-order valence-electron chi connectivity index (χ3n) is 3.29. The van der Waals surface area contributed by atoms with Gasteiger partial charge in [0.2, 0.25) is 0 Å². The average Bonchev–Trinajstić information content (AvgIpc) is 2.41. The topological polar surface area (TPSA) is 44.5 Å². The maximum Gasteiger partial charge on any atom is 0.123 e. The molecule has 0 radical (unpaired) electrons. The van der Waals surface area contributed by atoms with Crippen LogP contribution in [0.5, 0.6) is 0 Å². The Bertz CT molecular complexity index is 447. The van der Waals surface area contributed by atoms with E-state index in [1.54, 1.807) is 6.07 Å². The Morgan fingerprint density at radius 2 is 2.16 bits per heavy atom. The summed E-state index contributed by atoms with van der Waals surface area (Å²) >= 11 is 4.92. The molecule has 2 rings (SSSR count). The first-order valence-electron chi connectivity index (χ1n) is 6.40. The molecule has 0 aromatic heterocycles. The fourth-order valence-corrected chi connectivity index (χ4v) is 2.34. The SMILES string of the molecule is NC(=S)c1cc(F)ccc1COCC1CCOCC1. The molecule has 1 aromatic carbocycles. The number of halogens is 1. The number of benzene rings is 1. The molecule has 1 aromatic rings. The van der Waals surface area contributed by atoms with Gasteiger partial charge in [-0.2, -0.15) is 0 Å². The van der Waals surface area contributed by atoms with E-state index in [9.17, 15) is 4.39 Å². The van der Waals surface area contributed by atoms with Crippen molar-refractivity contribution in [2.24, 2.45) is 11.7 Å². The fraction of sp³-hybridized carbons (Fsp3) is 0.500. The Balaban J connectivity index is 1.89.